The number of ether oxygens (including phenoxy) is 1. The van der Waals surface area contributed by atoms with Gasteiger partial charge in [0.05, 0.1) is 12.7 Å². The normalized spacial score (nSPS) is 20.9. The number of carbonyl (C=O) groups is 1. The number of carbonyl (C=O) groups excluding carboxylic acids is 1. The zero-order chi connectivity index (χ0) is 22.2. The molecule has 2 aromatic rings. The number of hydrogen-bond acceptors (Lipinski definition) is 6. The van der Waals surface area contributed by atoms with Crippen molar-refractivity contribution in [2.24, 2.45) is 0 Å². The number of hydrogen-bond donors (Lipinski definition) is 1. The Morgan fingerprint density at radius 1 is 1.16 bits per heavy atom. The molecule has 31 heavy (non-hydrogen) atoms. The monoisotopic (exact) mass is 435 g/mol. The van der Waals surface area contributed by atoms with Crippen molar-refractivity contribution in [3.63, 3.8) is 0 Å². The number of anilines is 3. The van der Waals surface area contributed by atoms with E-state index in [0.29, 0.717) is 25.6 Å². The first-order valence-electron chi connectivity index (χ1n) is 10.3. The maximum absolute atomic E-state index is 12.3. The van der Waals surface area contributed by atoms with Crippen molar-refractivity contribution in [3.8, 4) is 5.75 Å². The van der Waals surface area contributed by atoms with Gasteiger partial charge in [-0.1, -0.05) is 12.1 Å². The van der Waals surface area contributed by atoms with Gasteiger partial charge in [-0.25, -0.2) is 4.98 Å². The molecule has 1 aromatic heterocycles. The van der Waals surface area contributed by atoms with Gasteiger partial charge >= 0.3 is 6.36 Å². The maximum Gasteiger partial charge on any atom is 0.573 e. The quantitative estimate of drug-likeness (QED) is 0.742. The number of fused-ring (bicyclic) bond motifs is 1. The SMILES string of the molecule is CCN1CC(=O)N(CC)c2cnc(N[C@H]3C[C@@H](c4ccc(OC(F)(F)F)cc4)C3)nc21. The van der Waals surface area contributed by atoms with Crippen LogP contribution in [0.15, 0.2) is 30.5 Å². The number of likely N-dealkylation sites (N-methyl/N-ethyl adjacent to an activating group) is 2. The van der Waals surface area contributed by atoms with E-state index in [0.717, 1.165) is 29.9 Å². The highest BCUT2D eigenvalue weighted by Gasteiger charge is 2.34. The summed E-state index contributed by atoms with van der Waals surface area (Å²) in [5, 5.41) is 3.33. The first-order valence-corrected chi connectivity index (χ1v) is 10.3. The van der Waals surface area contributed by atoms with Gasteiger partial charge < -0.3 is 19.9 Å². The molecule has 1 fully saturated rings. The molecule has 0 atom stereocenters. The van der Waals surface area contributed by atoms with Gasteiger partial charge in [-0.15, -0.1) is 13.2 Å². The van der Waals surface area contributed by atoms with Crippen molar-refractivity contribution in [1.82, 2.24) is 9.97 Å². The van der Waals surface area contributed by atoms with Crippen molar-refractivity contribution in [2.75, 3.05) is 34.8 Å². The molecule has 7 nitrogen and oxygen atoms in total. The number of aromatic nitrogens is 2. The molecule has 0 radical (unpaired) electrons. The van der Waals surface area contributed by atoms with Crippen LogP contribution in [0.25, 0.3) is 0 Å². The molecular formula is C21H24F3N5O2. The minimum atomic E-state index is -4.68. The molecule has 0 spiro atoms. The lowest BCUT2D eigenvalue weighted by molar-refractivity contribution is -0.274. The highest BCUT2D eigenvalue weighted by atomic mass is 19.4. The van der Waals surface area contributed by atoms with E-state index in [1.54, 1.807) is 23.2 Å². The van der Waals surface area contributed by atoms with Gasteiger partial charge in [-0.3, -0.25) is 4.79 Å². The Morgan fingerprint density at radius 3 is 2.48 bits per heavy atom. The first-order chi connectivity index (χ1) is 14.8. The van der Waals surface area contributed by atoms with Gasteiger partial charge in [0.2, 0.25) is 11.9 Å². The predicted octanol–water partition coefficient (Wildman–Crippen LogP) is 3.93. The Hall–Kier alpha value is -3.04. The summed E-state index contributed by atoms with van der Waals surface area (Å²) in [6.45, 7) is 5.44. The minimum absolute atomic E-state index is 0.0367. The third kappa shape index (κ3) is 4.52. The number of nitrogens with one attached hydrogen (secondary N) is 1. The summed E-state index contributed by atoms with van der Waals surface area (Å²) < 4.78 is 40.8. The first kappa shape index (κ1) is 21.2. The van der Waals surface area contributed by atoms with Crippen LogP contribution in [0.5, 0.6) is 5.75 Å². The second-order valence-electron chi connectivity index (χ2n) is 7.68. The molecule has 10 heteroatoms. The number of benzene rings is 1. The van der Waals surface area contributed by atoms with E-state index in [1.807, 2.05) is 18.7 Å². The highest BCUT2D eigenvalue weighted by Crippen LogP contribution is 2.39. The van der Waals surface area contributed by atoms with E-state index in [1.165, 1.54) is 12.1 Å². The van der Waals surface area contributed by atoms with E-state index in [9.17, 15) is 18.0 Å². The van der Waals surface area contributed by atoms with Crippen molar-refractivity contribution in [1.29, 1.82) is 0 Å². The van der Waals surface area contributed by atoms with Crippen molar-refractivity contribution in [2.45, 2.75) is 45.0 Å². The number of halogens is 3. The van der Waals surface area contributed by atoms with Gasteiger partial charge in [0.15, 0.2) is 5.82 Å². The van der Waals surface area contributed by atoms with Crippen LogP contribution < -0.4 is 19.9 Å². The average molecular weight is 435 g/mol. The van der Waals surface area contributed by atoms with E-state index in [2.05, 4.69) is 20.0 Å². The van der Waals surface area contributed by atoms with Crippen LogP contribution in [0.3, 0.4) is 0 Å². The lowest BCUT2D eigenvalue weighted by atomic mass is 9.76. The molecule has 1 aromatic carbocycles. The Bertz CT molecular complexity index is 945. The second kappa shape index (κ2) is 8.24. The highest BCUT2D eigenvalue weighted by molar-refractivity contribution is 6.02. The van der Waals surface area contributed by atoms with Gasteiger partial charge in [0.25, 0.3) is 0 Å². The van der Waals surface area contributed by atoms with Gasteiger partial charge in [-0.2, -0.15) is 4.98 Å². The lowest BCUT2D eigenvalue weighted by Crippen LogP contribution is -2.46. The molecule has 0 bridgehead atoms. The molecule has 1 aliphatic heterocycles. The topological polar surface area (TPSA) is 70.6 Å². The second-order valence-corrected chi connectivity index (χ2v) is 7.68. The largest absolute Gasteiger partial charge is 0.573 e. The summed E-state index contributed by atoms with van der Waals surface area (Å²) in [7, 11) is 0. The lowest BCUT2D eigenvalue weighted by Gasteiger charge is -2.37. The van der Waals surface area contributed by atoms with E-state index >= 15 is 0 Å². The molecule has 0 saturated heterocycles. The van der Waals surface area contributed by atoms with Crippen molar-refractivity contribution < 1.29 is 22.7 Å². The maximum atomic E-state index is 12.3. The average Bonchev–Trinajstić information content (AvgIpc) is 2.69. The van der Waals surface area contributed by atoms with Crippen LogP contribution in [0.2, 0.25) is 0 Å². The van der Waals surface area contributed by atoms with Gasteiger partial charge in [0.1, 0.15) is 11.4 Å². The van der Waals surface area contributed by atoms with Crippen LogP contribution in [0.4, 0.5) is 30.6 Å². The molecule has 2 heterocycles. The molecule has 166 valence electrons. The van der Waals surface area contributed by atoms with E-state index in [-0.39, 0.29) is 23.6 Å². The predicted molar refractivity (Wildman–Crippen MR) is 110 cm³/mol. The van der Waals surface area contributed by atoms with Crippen molar-refractivity contribution in [3.05, 3.63) is 36.0 Å². The fraction of sp³-hybridized carbons (Fsp3) is 0.476. The van der Waals surface area contributed by atoms with Crippen LogP contribution in [-0.4, -0.2) is 47.9 Å². The van der Waals surface area contributed by atoms with Gasteiger partial charge in [-0.05, 0) is 50.3 Å². The standard InChI is InChI=1S/C21H24F3N5O2/c1-3-28-12-18(30)29(4-2)17-11-25-20(27-19(17)28)26-15-9-14(10-15)13-5-7-16(8-6-13)31-21(22,23)24/h5-8,11,14-15H,3-4,9-10,12H2,1-2H3,(H,25,26,27)/t14-,15+. The summed E-state index contributed by atoms with van der Waals surface area (Å²) >= 11 is 0. The number of amides is 1. The third-order valence-electron chi connectivity index (χ3n) is 5.72. The molecule has 0 unspecified atom stereocenters. The summed E-state index contributed by atoms with van der Waals surface area (Å²) in [5.41, 5.74) is 1.70. The molecule has 2 aliphatic rings. The third-order valence-corrected chi connectivity index (χ3v) is 5.72. The van der Waals surface area contributed by atoms with Crippen molar-refractivity contribution >= 4 is 23.4 Å². The summed E-state index contributed by atoms with van der Waals surface area (Å²) in [5.74, 6) is 1.34. The fourth-order valence-corrected chi connectivity index (χ4v) is 4.06. The molecule has 1 saturated carbocycles. The Labute approximate surface area is 178 Å². The molecular weight excluding hydrogens is 411 g/mol. The smallest absolute Gasteiger partial charge is 0.406 e. The van der Waals surface area contributed by atoms with Gasteiger partial charge in [0, 0.05) is 19.1 Å². The molecule has 4 rings (SSSR count). The Balaban J connectivity index is 1.38. The zero-order valence-electron chi connectivity index (χ0n) is 17.3. The minimum Gasteiger partial charge on any atom is -0.406 e. The molecule has 1 aliphatic carbocycles. The van der Waals surface area contributed by atoms with Crippen LogP contribution >= 0.6 is 0 Å². The molecule has 1 amide bonds. The zero-order valence-corrected chi connectivity index (χ0v) is 17.3. The summed E-state index contributed by atoms with van der Waals surface area (Å²) in [6, 6.07) is 6.21. The summed E-state index contributed by atoms with van der Waals surface area (Å²) in [4.78, 5) is 25.0. The van der Waals surface area contributed by atoms with Crippen LogP contribution in [0, 0.1) is 0 Å². The number of alkyl halides is 3. The molecule has 1 N–H and O–H groups in total. The van der Waals surface area contributed by atoms with E-state index < -0.39 is 6.36 Å². The number of nitrogens with zero attached hydrogens (tertiary/aromatic N) is 4. The Morgan fingerprint density at radius 2 is 1.87 bits per heavy atom. The van der Waals surface area contributed by atoms with Crippen LogP contribution in [0.1, 0.15) is 38.2 Å². The Kier molecular flexibility index (Phi) is 5.63. The van der Waals surface area contributed by atoms with E-state index in [4.69, 9.17) is 0 Å². The fourth-order valence-electron chi connectivity index (χ4n) is 4.06. The summed E-state index contributed by atoms with van der Waals surface area (Å²) in [6.07, 6.45) is -1.34. The number of rotatable bonds is 6. The van der Waals surface area contributed by atoms with Crippen LogP contribution in [-0.2, 0) is 4.79 Å².